The fraction of sp³-hybridized carbons (Fsp3) is 0.274. The lowest BCUT2D eigenvalue weighted by Gasteiger charge is -2.45. The third-order valence-corrected chi connectivity index (χ3v) is 26.0. The summed E-state index contributed by atoms with van der Waals surface area (Å²) in [6.07, 6.45) is 8.41. The number of phenolic OH excluding ortho intramolecular Hbond substituents is 1. The lowest BCUT2D eigenvalue weighted by molar-refractivity contribution is -0.130. The molecule has 137 heavy (non-hydrogen) atoms. The third-order valence-electron chi connectivity index (χ3n) is 23.7. The number of rotatable bonds is 15. The van der Waals surface area contributed by atoms with E-state index < -0.39 is 123 Å². The van der Waals surface area contributed by atoms with Crippen molar-refractivity contribution in [3.05, 3.63) is 256 Å². The molecule has 0 aliphatic carbocycles. The number of halogens is 15. The predicted octanol–water partition coefficient (Wildman–Crippen LogP) is 19.1. The Kier molecular flexibility index (Phi) is 29.6. The van der Waals surface area contributed by atoms with Crippen LogP contribution in [0.25, 0.3) is 83.9 Å². The molecule has 3 aromatic carbocycles. The second-order valence-corrected chi connectivity index (χ2v) is 35.9. The van der Waals surface area contributed by atoms with E-state index in [4.69, 9.17) is 97.7 Å². The molecule has 3 fully saturated rings. The second-order valence-electron chi connectivity index (χ2n) is 33.2. The molecule has 0 bridgehead atoms. The minimum atomic E-state index is -1.88. The van der Waals surface area contributed by atoms with Crippen molar-refractivity contribution in [3.8, 4) is 74.8 Å². The van der Waals surface area contributed by atoms with Gasteiger partial charge in [0.1, 0.15) is 66.9 Å². The average molecular weight is 2010 g/mol. The molecule has 3 amide bonds. The zero-order valence-electron chi connectivity index (χ0n) is 74.8. The Morgan fingerprint density at radius 2 is 0.745 bits per heavy atom. The number of hydrogen-bond donors (Lipinski definition) is 3. The number of nitriles is 3. The molecule has 0 radical (unpaired) electrons. The maximum absolute atomic E-state index is 15.4. The molecule has 0 spiro atoms. The summed E-state index contributed by atoms with van der Waals surface area (Å²) in [5.41, 5.74) is 9.87. The van der Waals surface area contributed by atoms with Gasteiger partial charge in [0.15, 0.2) is 52.3 Å². The summed E-state index contributed by atoms with van der Waals surface area (Å²) in [7, 11) is 0. The molecule has 12 aromatic rings. The van der Waals surface area contributed by atoms with Gasteiger partial charge in [0.25, 0.3) is 16.7 Å². The van der Waals surface area contributed by atoms with Crippen LogP contribution < -0.4 is 42.8 Å². The SMILES string of the molecule is C=CC(=O)N1CCN(c2c(C#N)c(=O)n(-c3c(C)ccnc3C(C)C)c3nc(-c4c(N)c(Cl)c(F)c(F)c4Cl)c(Cl)cc23)CC1.C=CC(=O)N1CCN(c2c(C#N)c(=O)n(-c3c(C)ccnc3C(C)C)c3nc(-c4c(N)c(Cl)c(F)c(F)c4F)c(Cl)cc23)CC1.C=CC(=O)N1[C@H](C)CN(c2c(C#N)c(=O)n(-c3c(C)ccnc3C(C)C)c3nc(-c4c(F)c(O)c(F)c(Cl)c4F)c(Cl)cc23)C[C@@H]1C. The van der Waals surface area contributed by atoms with Gasteiger partial charge in [0.05, 0.1) is 111 Å². The number of carbonyl (C=O) groups is 3. The molecule has 708 valence electrons. The number of hydrogen-bond acceptors (Lipinski definition) is 21. The lowest BCUT2D eigenvalue weighted by atomic mass is 10.0. The maximum Gasteiger partial charge on any atom is 0.276 e. The Morgan fingerprint density at radius 1 is 0.431 bits per heavy atom. The third kappa shape index (κ3) is 17.8. The van der Waals surface area contributed by atoms with Gasteiger partial charge in [0, 0.05) is 118 Å². The number of carbonyl (C=O) groups excluding carboxylic acids is 3. The quantitative estimate of drug-likeness (QED) is 0.0282. The highest BCUT2D eigenvalue weighted by Crippen LogP contribution is 2.49. The molecule has 3 aliphatic heterocycles. The number of nitrogen functional groups attached to an aromatic ring is 2. The number of aryl methyl sites for hydroxylation is 3. The van der Waals surface area contributed by atoms with Crippen molar-refractivity contribution in [2.45, 2.75) is 106 Å². The zero-order chi connectivity index (χ0) is 100. The van der Waals surface area contributed by atoms with Crippen LogP contribution in [0.1, 0.15) is 124 Å². The molecular weight excluding hydrogens is 1930 g/mol. The van der Waals surface area contributed by atoms with Crippen LogP contribution in [0.2, 0.25) is 35.2 Å². The van der Waals surface area contributed by atoms with Gasteiger partial charge in [0.2, 0.25) is 17.7 Å². The number of aromatic nitrogens is 9. The van der Waals surface area contributed by atoms with Gasteiger partial charge >= 0.3 is 0 Å². The molecule has 15 rings (SSSR count). The van der Waals surface area contributed by atoms with Crippen LogP contribution in [0, 0.1) is 101 Å². The van der Waals surface area contributed by atoms with Crippen LogP contribution in [0.5, 0.6) is 5.75 Å². The number of nitrogens with zero attached hydrogens (tertiary/aromatic N) is 18. The number of fused-ring (bicyclic) bond motifs is 3. The monoisotopic (exact) mass is 2010 g/mol. The fourth-order valence-electron chi connectivity index (χ4n) is 17.3. The van der Waals surface area contributed by atoms with E-state index in [1.807, 2.05) is 72.4 Å². The molecule has 0 saturated carbocycles. The summed E-state index contributed by atoms with van der Waals surface area (Å²) >= 11 is 44.0. The van der Waals surface area contributed by atoms with E-state index in [9.17, 15) is 71.6 Å². The minimum absolute atomic E-state index is 0.0346. The van der Waals surface area contributed by atoms with E-state index in [1.165, 1.54) is 45.6 Å². The summed E-state index contributed by atoms with van der Waals surface area (Å²) in [4.78, 5) is 118. The van der Waals surface area contributed by atoms with Crippen LogP contribution in [0.15, 0.2) is 107 Å². The largest absolute Gasteiger partial charge is 0.503 e. The maximum atomic E-state index is 15.4. The van der Waals surface area contributed by atoms with Gasteiger partial charge in [-0.3, -0.25) is 57.4 Å². The number of amides is 3. The molecule has 3 saturated heterocycles. The Labute approximate surface area is 812 Å². The summed E-state index contributed by atoms with van der Waals surface area (Å²) in [6.45, 7) is 33.4. The van der Waals surface area contributed by atoms with Gasteiger partial charge in [-0.1, -0.05) is 142 Å². The highest BCUT2D eigenvalue weighted by atomic mass is 35.5. The first-order chi connectivity index (χ1) is 64.8. The van der Waals surface area contributed by atoms with E-state index >= 15 is 13.2 Å². The Balaban J connectivity index is 0.000000174. The first kappa shape index (κ1) is 101. The number of anilines is 5. The smallest absolute Gasteiger partial charge is 0.276 e. The first-order valence-electron chi connectivity index (χ1n) is 42.1. The van der Waals surface area contributed by atoms with Crippen molar-refractivity contribution in [1.29, 1.82) is 15.8 Å². The molecular formula is C95H81Cl7F8N20O7. The van der Waals surface area contributed by atoms with Gasteiger partial charge in [-0.05, 0) is 124 Å². The average Bonchev–Trinajstić information content (AvgIpc) is 0.729. The standard InChI is InChI=1S/C33H29Cl2F3N6O3.C31H26Cl3F2N7O2.C31H26Cl2F3N7O2/c1-7-21(45)43-16(5)12-42(13-17(43)6)30-18-10-20(34)28(22-24(36)23(35)26(38)31(46)25(22)37)41-32(18)44(33(47)19(30)11-39)29-15(4)8-9-40-27(29)14(2)3;1-5-19(44)41-8-10-42(11-9-41)29-16-12-18(32)27(20-21(33)23(35)24(36)22(34)25(20)38)40-30(16)43(31(45)17(29)13-37)28-15(4)6-7-39-26(28)14(2)3;1-5-19(44)41-8-10-42(11-9-41)29-16-12-18(32)27(20-22(34)24(36)23(35)21(33)25(20)38)40-30(16)43(31(45)17(29)13-37)28-15(4)6-7-39-26(28)14(2)3/h7-10,14,16-17,46H,1,12-13H2,2-6H3;2*5-7,12,14H,1,8-11,38H2,2-4H3/t16-,17+;;. The molecule has 27 nitrogen and oxygen atoms in total. The lowest BCUT2D eigenvalue weighted by Crippen LogP contribution is -2.58. The van der Waals surface area contributed by atoms with Gasteiger partial charge in [-0.15, -0.1) is 0 Å². The number of benzene rings is 3. The fourth-order valence-corrected chi connectivity index (χ4v) is 18.8. The molecule has 3 aliphatic rings. The normalized spacial score (nSPS) is 14.5. The van der Waals surface area contributed by atoms with Crippen molar-refractivity contribution in [3.63, 3.8) is 0 Å². The summed E-state index contributed by atoms with van der Waals surface area (Å²) < 4.78 is 122. The van der Waals surface area contributed by atoms with Crippen molar-refractivity contribution < 1.29 is 54.6 Å². The van der Waals surface area contributed by atoms with E-state index in [0.717, 1.165) is 4.57 Å². The Morgan fingerprint density at radius 3 is 1.08 bits per heavy atom. The molecule has 2 atom stereocenters. The Bertz CT molecular complexity index is 7120. The number of piperazine rings is 3. The molecule has 5 N–H and O–H groups in total. The van der Waals surface area contributed by atoms with Crippen LogP contribution in [0.4, 0.5) is 63.6 Å². The van der Waals surface area contributed by atoms with Crippen LogP contribution in [0.3, 0.4) is 0 Å². The number of phenols is 1. The van der Waals surface area contributed by atoms with Gasteiger partial charge in [-0.2, -0.15) is 15.8 Å². The first-order valence-corrected chi connectivity index (χ1v) is 44.7. The summed E-state index contributed by atoms with van der Waals surface area (Å²) in [5.74, 6) is -15.9. The topological polar surface area (TPSA) is 358 Å². The van der Waals surface area contributed by atoms with E-state index in [0.29, 0.717) is 69.3 Å². The molecule has 9 aromatic heterocycles. The number of nitrogens with two attached hydrogens (primary N) is 2. The summed E-state index contributed by atoms with van der Waals surface area (Å²) in [6, 6.07) is 14.6. The van der Waals surface area contributed by atoms with Crippen molar-refractivity contribution in [2.24, 2.45) is 0 Å². The summed E-state index contributed by atoms with van der Waals surface area (Å²) in [5, 5.41) is 37.9. The molecule has 0 unspecified atom stereocenters. The van der Waals surface area contributed by atoms with E-state index in [1.54, 1.807) is 82.1 Å². The van der Waals surface area contributed by atoms with Gasteiger partial charge < -0.3 is 46.0 Å². The minimum Gasteiger partial charge on any atom is -0.503 e. The van der Waals surface area contributed by atoms with Crippen molar-refractivity contribution in [1.82, 2.24) is 58.3 Å². The predicted molar refractivity (Wildman–Crippen MR) is 514 cm³/mol. The zero-order valence-corrected chi connectivity index (χ0v) is 80.1. The van der Waals surface area contributed by atoms with Crippen LogP contribution >= 0.6 is 81.2 Å². The number of pyridine rings is 9. The van der Waals surface area contributed by atoms with Crippen LogP contribution in [-0.2, 0) is 14.4 Å². The van der Waals surface area contributed by atoms with Crippen molar-refractivity contribution >= 4 is 160 Å². The Hall–Kier alpha value is -13.4. The van der Waals surface area contributed by atoms with E-state index in [-0.39, 0.29) is 188 Å². The number of aromatic hydroxyl groups is 1. The van der Waals surface area contributed by atoms with Gasteiger partial charge in [-0.25, -0.2) is 50.1 Å². The molecule has 42 heteroatoms. The highest BCUT2D eigenvalue weighted by Gasteiger charge is 2.40. The molecule has 12 heterocycles. The highest BCUT2D eigenvalue weighted by molar-refractivity contribution is 6.40. The van der Waals surface area contributed by atoms with Crippen molar-refractivity contribution in [2.75, 3.05) is 91.6 Å². The second kappa shape index (κ2) is 40.1. The van der Waals surface area contributed by atoms with E-state index in [2.05, 4.69) is 50.7 Å². The van der Waals surface area contributed by atoms with Crippen LogP contribution in [-0.4, -0.2) is 159 Å².